The highest BCUT2D eigenvalue weighted by Crippen LogP contribution is 2.34. The number of rotatable bonds is 2. The standard InChI is InChI=1S/C16H17N3O/c1-17-14-8-10-19(15-7-3-2-6-13(14)15)16(20)12-5-4-9-18-11-12/h2-7,9,11,14,17H,8,10H2,1H3. The van der Waals surface area contributed by atoms with Crippen molar-refractivity contribution in [2.75, 3.05) is 18.5 Å². The number of amides is 1. The summed E-state index contributed by atoms with van der Waals surface area (Å²) >= 11 is 0. The van der Waals surface area contributed by atoms with Gasteiger partial charge in [0.25, 0.3) is 5.91 Å². The summed E-state index contributed by atoms with van der Waals surface area (Å²) in [7, 11) is 1.96. The van der Waals surface area contributed by atoms with Crippen LogP contribution in [0.25, 0.3) is 0 Å². The number of para-hydroxylation sites is 1. The van der Waals surface area contributed by atoms with Crippen molar-refractivity contribution < 1.29 is 4.79 Å². The Labute approximate surface area is 118 Å². The van der Waals surface area contributed by atoms with Gasteiger partial charge in [0, 0.05) is 30.7 Å². The molecule has 2 aromatic rings. The van der Waals surface area contributed by atoms with Crippen molar-refractivity contribution in [3.8, 4) is 0 Å². The van der Waals surface area contributed by atoms with E-state index in [1.165, 1.54) is 5.56 Å². The molecule has 1 aromatic heterocycles. The molecule has 1 aliphatic heterocycles. The number of carbonyl (C=O) groups excluding carboxylic acids is 1. The van der Waals surface area contributed by atoms with Gasteiger partial charge in [-0.1, -0.05) is 18.2 Å². The van der Waals surface area contributed by atoms with Gasteiger partial charge in [-0.15, -0.1) is 0 Å². The van der Waals surface area contributed by atoms with Crippen LogP contribution in [0.15, 0.2) is 48.8 Å². The molecule has 102 valence electrons. The Hall–Kier alpha value is -2.20. The van der Waals surface area contributed by atoms with Crippen molar-refractivity contribution in [1.82, 2.24) is 10.3 Å². The summed E-state index contributed by atoms with van der Waals surface area (Å²) in [5.74, 6) is 0.0140. The summed E-state index contributed by atoms with van der Waals surface area (Å²) < 4.78 is 0. The molecule has 2 heterocycles. The van der Waals surface area contributed by atoms with E-state index in [0.29, 0.717) is 11.6 Å². The molecule has 1 aromatic carbocycles. The molecule has 1 amide bonds. The van der Waals surface area contributed by atoms with Gasteiger partial charge in [-0.3, -0.25) is 9.78 Å². The number of aromatic nitrogens is 1. The van der Waals surface area contributed by atoms with Gasteiger partial charge in [-0.2, -0.15) is 0 Å². The molecule has 3 rings (SSSR count). The zero-order valence-electron chi connectivity index (χ0n) is 11.4. The van der Waals surface area contributed by atoms with Crippen molar-refractivity contribution in [3.05, 3.63) is 59.9 Å². The minimum atomic E-state index is 0.0140. The molecule has 0 radical (unpaired) electrons. The van der Waals surface area contributed by atoms with E-state index in [9.17, 15) is 4.79 Å². The lowest BCUT2D eigenvalue weighted by atomic mass is 9.96. The van der Waals surface area contributed by atoms with Gasteiger partial charge in [0.2, 0.25) is 0 Å². The smallest absolute Gasteiger partial charge is 0.259 e. The molecule has 1 atom stereocenters. The van der Waals surface area contributed by atoms with Crippen molar-refractivity contribution in [3.63, 3.8) is 0 Å². The minimum Gasteiger partial charge on any atom is -0.313 e. The number of nitrogens with one attached hydrogen (secondary N) is 1. The number of pyridine rings is 1. The van der Waals surface area contributed by atoms with Gasteiger partial charge in [-0.05, 0) is 37.2 Å². The molecule has 0 spiro atoms. The SMILES string of the molecule is CNC1CCN(C(=O)c2cccnc2)c2ccccc21. The van der Waals surface area contributed by atoms with Crippen molar-refractivity contribution in [1.29, 1.82) is 0 Å². The third-order valence-corrected chi connectivity index (χ3v) is 3.75. The zero-order chi connectivity index (χ0) is 13.9. The molecule has 20 heavy (non-hydrogen) atoms. The van der Waals surface area contributed by atoms with Gasteiger partial charge in [0.1, 0.15) is 0 Å². The molecule has 1 unspecified atom stereocenters. The van der Waals surface area contributed by atoms with Crippen molar-refractivity contribution in [2.24, 2.45) is 0 Å². The lowest BCUT2D eigenvalue weighted by molar-refractivity contribution is 0.0983. The number of fused-ring (bicyclic) bond motifs is 1. The van der Waals surface area contributed by atoms with Gasteiger partial charge in [0.05, 0.1) is 5.56 Å². The average Bonchev–Trinajstić information content (AvgIpc) is 2.54. The highest BCUT2D eigenvalue weighted by atomic mass is 16.2. The largest absolute Gasteiger partial charge is 0.313 e. The van der Waals surface area contributed by atoms with E-state index in [1.807, 2.05) is 36.2 Å². The number of benzene rings is 1. The maximum Gasteiger partial charge on any atom is 0.259 e. The minimum absolute atomic E-state index is 0.0140. The van der Waals surface area contributed by atoms with Gasteiger partial charge < -0.3 is 10.2 Å². The predicted molar refractivity (Wildman–Crippen MR) is 78.8 cm³/mol. The maximum atomic E-state index is 12.6. The Kier molecular flexibility index (Phi) is 3.48. The summed E-state index contributed by atoms with van der Waals surface area (Å²) in [6.07, 6.45) is 4.21. The van der Waals surface area contributed by atoms with Crippen LogP contribution in [0, 0.1) is 0 Å². The molecule has 4 nitrogen and oxygen atoms in total. The summed E-state index contributed by atoms with van der Waals surface area (Å²) in [4.78, 5) is 18.5. The van der Waals surface area contributed by atoms with Crippen LogP contribution in [-0.2, 0) is 0 Å². The van der Waals surface area contributed by atoms with Crippen LogP contribution in [0.1, 0.15) is 28.4 Å². The fraction of sp³-hybridized carbons (Fsp3) is 0.250. The summed E-state index contributed by atoms with van der Waals surface area (Å²) in [6, 6.07) is 12.0. The topological polar surface area (TPSA) is 45.2 Å². The number of nitrogens with zero attached hydrogens (tertiary/aromatic N) is 2. The first-order chi connectivity index (χ1) is 9.81. The number of anilines is 1. The molecule has 1 aliphatic rings. The first-order valence-electron chi connectivity index (χ1n) is 6.79. The monoisotopic (exact) mass is 267 g/mol. The second kappa shape index (κ2) is 5.43. The fourth-order valence-corrected chi connectivity index (χ4v) is 2.72. The molecule has 1 N–H and O–H groups in total. The molecule has 0 bridgehead atoms. The van der Waals surface area contributed by atoms with Crippen LogP contribution in [0.2, 0.25) is 0 Å². The second-order valence-corrected chi connectivity index (χ2v) is 4.89. The summed E-state index contributed by atoms with van der Waals surface area (Å²) in [6.45, 7) is 0.718. The summed E-state index contributed by atoms with van der Waals surface area (Å²) in [5.41, 5.74) is 2.80. The van der Waals surface area contributed by atoms with E-state index in [1.54, 1.807) is 18.5 Å². The molecule has 0 fully saturated rings. The molecular formula is C16H17N3O. The van der Waals surface area contributed by atoms with E-state index >= 15 is 0 Å². The van der Waals surface area contributed by atoms with Crippen LogP contribution < -0.4 is 10.2 Å². The first kappa shape index (κ1) is 12.8. The fourth-order valence-electron chi connectivity index (χ4n) is 2.72. The van der Waals surface area contributed by atoms with Gasteiger partial charge >= 0.3 is 0 Å². The third-order valence-electron chi connectivity index (χ3n) is 3.75. The molecule has 0 saturated carbocycles. The van der Waals surface area contributed by atoms with Gasteiger partial charge in [-0.25, -0.2) is 0 Å². The third kappa shape index (κ3) is 2.18. The Bertz CT molecular complexity index is 612. The van der Waals surface area contributed by atoms with E-state index in [2.05, 4.69) is 16.4 Å². The van der Waals surface area contributed by atoms with Crippen LogP contribution in [0.4, 0.5) is 5.69 Å². The molecule has 0 saturated heterocycles. The second-order valence-electron chi connectivity index (χ2n) is 4.89. The Morgan fingerprint density at radius 2 is 2.15 bits per heavy atom. The van der Waals surface area contributed by atoms with E-state index in [-0.39, 0.29) is 5.91 Å². The van der Waals surface area contributed by atoms with Gasteiger partial charge in [0.15, 0.2) is 0 Å². The Morgan fingerprint density at radius 3 is 2.90 bits per heavy atom. The average molecular weight is 267 g/mol. The maximum absolute atomic E-state index is 12.6. The van der Waals surface area contributed by atoms with E-state index in [0.717, 1.165) is 18.7 Å². The normalized spacial score (nSPS) is 17.6. The predicted octanol–water partition coefficient (Wildman–Crippen LogP) is 2.39. The number of hydrogen-bond acceptors (Lipinski definition) is 3. The van der Waals surface area contributed by atoms with E-state index < -0.39 is 0 Å². The Balaban J connectivity index is 1.98. The highest BCUT2D eigenvalue weighted by Gasteiger charge is 2.28. The Morgan fingerprint density at radius 1 is 1.30 bits per heavy atom. The number of hydrogen-bond donors (Lipinski definition) is 1. The van der Waals surface area contributed by atoms with E-state index in [4.69, 9.17) is 0 Å². The zero-order valence-corrected chi connectivity index (χ0v) is 11.4. The molecular weight excluding hydrogens is 250 g/mol. The van der Waals surface area contributed by atoms with Crippen molar-refractivity contribution in [2.45, 2.75) is 12.5 Å². The molecule has 0 aliphatic carbocycles. The highest BCUT2D eigenvalue weighted by molar-refractivity contribution is 6.06. The lowest BCUT2D eigenvalue weighted by Gasteiger charge is -2.34. The quantitative estimate of drug-likeness (QED) is 0.908. The number of carbonyl (C=O) groups is 1. The first-order valence-corrected chi connectivity index (χ1v) is 6.79. The summed E-state index contributed by atoms with van der Waals surface area (Å²) in [5, 5.41) is 3.31. The van der Waals surface area contributed by atoms with Crippen LogP contribution >= 0.6 is 0 Å². The van der Waals surface area contributed by atoms with Crippen LogP contribution in [0.5, 0.6) is 0 Å². The van der Waals surface area contributed by atoms with Crippen LogP contribution in [0.3, 0.4) is 0 Å². The molecule has 4 heteroatoms. The van der Waals surface area contributed by atoms with Crippen LogP contribution in [-0.4, -0.2) is 24.5 Å². The lowest BCUT2D eigenvalue weighted by Crippen LogP contribution is -2.39. The van der Waals surface area contributed by atoms with Crippen molar-refractivity contribution >= 4 is 11.6 Å².